The molecule has 3 heterocycles. The Kier molecular flexibility index (Phi) is 7.17. The highest BCUT2D eigenvalue weighted by atomic mass is 35.5. The van der Waals surface area contributed by atoms with Crippen LogP contribution in [0.15, 0.2) is 24.3 Å². The molecule has 32 heavy (non-hydrogen) atoms. The van der Waals surface area contributed by atoms with Crippen LogP contribution in [0, 0.1) is 0 Å². The predicted molar refractivity (Wildman–Crippen MR) is 120 cm³/mol. The van der Waals surface area contributed by atoms with Crippen LogP contribution in [0.3, 0.4) is 0 Å². The standard InChI is InChI=1S/C22H30ClN5O4/c23-14-2-1-3-15(10-14)25-22(32)26-16-11-19-21(31)24-12-17(28(19)13-16)4-5-20(30)27-8-6-18(29)7-9-27/h1-3,10,16-19,29H,4-9,11-13H2,(H,24,31)(H2,25,26,32). The average molecular weight is 464 g/mol. The summed E-state index contributed by atoms with van der Waals surface area (Å²) in [7, 11) is 0. The van der Waals surface area contributed by atoms with Crippen molar-refractivity contribution in [3.05, 3.63) is 29.3 Å². The van der Waals surface area contributed by atoms with E-state index < -0.39 is 0 Å². The van der Waals surface area contributed by atoms with Gasteiger partial charge in [-0.2, -0.15) is 0 Å². The number of piperidine rings is 1. The SMILES string of the molecule is O=C(Nc1cccc(Cl)c1)NC1CC2C(=O)NCC(CCC(=O)N3CCC(O)CC3)N2C1. The molecule has 4 N–H and O–H groups in total. The number of halogens is 1. The van der Waals surface area contributed by atoms with Gasteiger partial charge in [0.1, 0.15) is 0 Å². The van der Waals surface area contributed by atoms with Gasteiger partial charge >= 0.3 is 6.03 Å². The highest BCUT2D eigenvalue weighted by Crippen LogP contribution is 2.26. The Morgan fingerprint density at radius 3 is 2.78 bits per heavy atom. The van der Waals surface area contributed by atoms with Gasteiger partial charge in [0.05, 0.1) is 12.1 Å². The maximum absolute atomic E-state index is 12.6. The molecule has 10 heteroatoms. The van der Waals surface area contributed by atoms with Crippen LogP contribution in [-0.2, 0) is 9.59 Å². The number of rotatable bonds is 5. The Bertz CT molecular complexity index is 860. The monoisotopic (exact) mass is 463 g/mol. The number of hydrogen-bond acceptors (Lipinski definition) is 5. The van der Waals surface area contributed by atoms with E-state index in [-0.39, 0.29) is 42.1 Å². The Labute approximate surface area is 192 Å². The summed E-state index contributed by atoms with van der Waals surface area (Å²) < 4.78 is 0. The number of piperazine rings is 1. The summed E-state index contributed by atoms with van der Waals surface area (Å²) in [5.41, 5.74) is 0.602. The number of aliphatic hydroxyl groups is 1. The Morgan fingerprint density at radius 1 is 1.25 bits per heavy atom. The largest absolute Gasteiger partial charge is 0.393 e. The van der Waals surface area contributed by atoms with E-state index in [0.29, 0.717) is 69.0 Å². The minimum atomic E-state index is -0.337. The molecule has 1 aromatic carbocycles. The molecule has 0 radical (unpaired) electrons. The molecule has 0 aliphatic carbocycles. The molecule has 3 saturated heterocycles. The lowest BCUT2D eigenvalue weighted by Gasteiger charge is -2.37. The first-order valence-electron chi connectivity index (χ1n) is 11.2. The molecule has 9 nitrogen and oxygen atoms in total. The van der Waals surface area contributed by atoms with E-state index in [1.807, 2.05) is 4.90 Å². The van der Waals surface area contributed by atoms with Gasteiger partial charge in [0.2, 0.25) is 11.8 Å². The van der Waals surface area contributed by atoms with Gasteiger partial charge < -0.3 is 26.0 Å². The van der Waals surface area contributed by atoms with E-state index in [9.17, 15) is 19.5 Å². The van der Waals surface area contributed by atoms with Crippen LogP contribution < -0.4 is 16.0 Å². The number of urea groups is 1. The molecule has 3 atom stereocenters. The van der Waals surface area contributed by atoms with Crippen molar-refractivity contribution in [1.82, 2.24) is 20.4 Å². The summed E-state index contributed by atoms with van der Waals surface area (Å²) in [6.45, 7) is 2.27. The summed E-state index contributed by atoms with van der Waals surface area (Å²) in [5.74, 6) is 0.0669. The minimum Gasteiger partial charge on any atom is -0.393 e. The van der Waals surface area contributed by atoms with Crippen LogP contribution in [0.2, 0.25) is 5.02 Å². The molecule has 3 aliphatic rings. The Morgan fingerprint density at radius 2 is 2.03 bits per heavy atom. The molecule has 3 unspecified atom stereocenters. The number of carbonyl (C=O) groups is 3. The molecule has 4 rings (SSSR count). The van der Waals surface area contributed by atoms with E-state index in [4.69, 9.17) is 11.6 Å². The summed E-state index contributed by atoms with van der Waals surface area (Å²) in [5, 5.41) is 18.8. The molecular formula is C22H30ClN5O4. The Hall–Kier alpha value is -2.36. The van der Waals surface area contributed by atoms with Gasteiger partial charge in [-0.1, -0.05) is 17.7 Å². The number of carbonyl (C=O) groups excluding carboxylic acids is 3. The highest BCUT2D eigenvalue weighted by Gasteiger charge is 2.43. The van der Waals surface area contributed by atoms with E-state index >= 15 is 0 Å². The van der Waals surface area contributed by atoms with Crippen molar-refractivity contribution < 1.29 is 19.5 Å². The van der Waals surface area contributed by atoms with Crippen molar-refractivity contribution in [3.8, 4) is 0 Å². The van der Waals surface area contributed by atoms with Crippen molar-refractivity contribution in [2.24, 2.45) is 0 Å². The molecule has 174 valence electrons. The number of hydrogen-bond donors (Lipinski definition) is 4. The number of nitrogens with one attached hydrogen (secondary N) is 3. The fraction of sp³-hybridized carbons (Fsp3) is 0.591. The quantitative estimate of drug-likeness (QED) is 0.523. The zero-order chi connectivity index (χ0) is 22.7. The number of amides is 4. The molecule has 4 amide bonds. The van der Waals surface area contributed by atoms with Crippen LogP contribution in [0.5, 0.6) is 0 Å². The van der Waals surface area contributed by atoms with Gasteiger partial charge in [0.15, 0.2) is 0 Å². The van der Waals surface area contributed by atoms with E-state index in [0.717, 1.165) is 0 Å². The number of likely N-dealkylation sites (tertiary alicyclic amines) is 1. The number of fused-ring (bicyclic) bond motifs is 1. The molecule has 0 bridgehead atoms. The van der Waals surface area contributed by atoms with Crippen molar-refractivity contribution in [2.45, 2.75) is 56.3 Å². The van der Waals surface area contributed by atoms with Gasteiger partial charge in [0.25, 0.3) is 0 Å². The number of anilines is 1. The Balaban J connectivity index is 1.29. The normalized spacial score (nSPS) is 26.4. The highest BCUT2D eigenvalue weighted by molar-refractivity contribution is 6.30. The lowest BCUT2D eigenvalue weighted by molar-refractivity contribution is -0.134. The maximum Gasteiger partial charge on any atom is 0.319 e. The van der Waals surface area contributed by atoms with E-state index in [1.54, 1.807) is 24.3 Å². The van der Waals surface area contributed by atoms with Crippen LogP contribution in [-0.4, -0.2) is 83.2 Å². The first-order chi connectivity index (χ1) is 15.4. The number of nitrogens with zero attached hydrogens (tertiary/aromatic N) is 2. The second-order valence-electron chi connectivity index (χ2n) is 8.80. The van der Waals surface area contributed by atoms with Gasteiger partial charge in [-0.25, -0.2) is 4.79 Å². The molecule has 0 aromatic heterocycles. The number of benzene rings is 1. The van der Waals surface area contributed by atoms with Crippen LogP contribution in [0.1, 0.15) is 32.1 Å². The number of aliphatic hydroxyl groups excluding tert-OH is 1. The van der Waals surface area contributed by atoms with Crippen LogP contribution in [0.4, 0.5) is 10.5 Å². The maximum atomic E-state index is 12.6. The summed E-state index contributed by atoms with van der Waals surface area (Å²) in [6.07, 6.45) is 2.54. The topological polar surface area (TPSA) is 114 Å². The van der Waals surface area contributed by atoms with E-state index in [2.05, 4.69) is 20.9 Å². The second-order valence-corrected chi connectivity index (χ2v) is 9.24. The van der Waals surface area contributed by atoms with Gasteiger partial charge in [-0.3, -0.25) is 14.5 Å². The lowest BCUT2D eigenvalue weighted by atomic mass is 10.0. The summed E-state index contributed by atoms with van der Waals surface area (Å²) in [6, 6.07) is 6.18. The zero-order valence-corrected chi connectivity index (χ0v) is 18.7. The van der Waals surface area contributed by atoms with Crippen LogP contribution in [0.25, 0.3) is 0 Å². The molecule has 0 spiro atoms. The predicted octanol–water partition coefficient (Wildman–Crippen LogP) is 1.17. The molecule has 0 saturated carbocycles. The summed E-state index contributed by atoms with van der Waals surface area (Å²) in [4.78, 5) is 41.3. The molecule has 3 fully saturated rings. The fourth-order valence-corrected chi connectivity index (χ4v) is 5.02. The van der Waals surface area contributed by atoms with E-state index in [1.165, 1.54) is 0 Å². The third-order valence-corrected chi connectivity index (χ3v) is 6.78. The van der Waals surface area contributed by atoms with Crippen molar-refractivity contribution >= 4 is 35.1 Å². The minimum absolute atomic E-state index is 0.0304. The average Bonchev–Trinajstić information content (AvgIpc) is 3.18. The second kappa shape index (κ2) is 10.1. The fourth-order valence-electron chi connectivity index (χ4n) is 4.83. The smallest absolute Gasteiger partial charge is 0.319 e. The molecular weight excluding hydrogens is 434 g/mol. The molecule has 3 aliphatic heterocycles. The van der Waals surface area contributed by atoms with Crippen LogP contribution >= 0.6 is 11.6 Å². The summed E-state index contributed by atoms with van der Waals surface area (Å²) >= 11 is 5.96. The lowest BCUT2D eigenvalue weighted by Crippen LogP contribution is -2.58. The third kappa shape index (κ3) is 5.51. The molecule has 1 aromatic rings. The zero-order valence-electron chi connectivity index (χ0n) is 17.9. The first-order valence-corrected chi connectivity index (χ1v) is 11.6. The van der Waals surface area contributed by atoms with Gasteiger partial charge in [-0.15, -0.1) is 0 Å². The first kappa shape index (κ1) is 22.8. The van der Waals surface area contributed by atoms with Crippen molar-refractivity contribution in [2.75, 3.05) is 31.5 Å². The van der Waals surface area contributed by atoms with Crippen molar-refractivity contribution in [1.29, 1.82) is 0 Å². The van der Waals surface area contributed by atoms with Crippen molar-refractivity contribution in [3.63, 3.8) is 0 Å². The van der Waals surface area contributed by atoms with Gasteiger partial charge in [0, 0.05) is 55.4 Å². The van der Waals surface area contributed by atoms with Gasteiger partial charge in [-0.05, 0) is 43.9 Å². The third-order valence-electron chi connectivity index (χ3n) is 6.55.